The van der Waals surface area contributed by atoms with Crippen molar-refractivity contribution in [1.82, 2.24) is 15.1 Å². The Balaban J connectivity index is 1.45. The first-order chi connectivity index (χ1) is 14.9. The smallest absolute Gasteiger partial charge is 0.338 e. The summed E-state index contributed by atoms with van der Waals surface area (Å²) < 4.78 is 5.40. The van der Waals surface area contributed by atoms with Crippen LogP contribution in [0.5, 0.6) is 0 Å². The lowest BCUT2D eigenvalue weighted by molar-refractivity contribution is -0.141. The number of hydrogen-bond donors (Lipinski definition) is 1. The van der Waals surface area contributed by atoms with E-state index in [1.807, 2.05) is 18.2 Å². The van der Waals surface area contributed by atoms with Gasteiger partial charge in [-0.3, -0.25) is 14.5 Å². The predicted octanol–water partition coefficient (Wildman–Crippen LogP) is 2.21. The molecule has 31 heavy (non-hydrogen) atoms. The van der Waals surface area contributed by atoms with Gasteiger partial charge in [0.05, 0.1) is 5.56 Å². The Morgan fingerprint density at radius 3 is 2.19 bits per heavy atom. The van der Waals surface area contributed by atoms with Gasteiger partial charge in [0.25, 0.3) is 5.91 Å². The zero-order valence-corrected chi connectivity index (χ0v) is 18.0. The Morgan fingerprint density at radius 1 is 0.935 bits per heavy atom. The van der Waals surface area contributed by atoms with Crippen molar-refractivity contribution < 1.29 is 19.1 Å². The van der Waals surface area contributed by atoms with Gasteiger partial charge >= 0.3 is 5.97 Å². The molecule has 2 amide bonds. The van der Waals surface area contributed by atoms with E-state index in [-0.39, 0.29) is 11.8 Å². The van der Waals surface area contributed by atoms with Gasteiger partial charge in [0.15, 0.2) is 6.10 Å². The molecule has 1 saturated heterocycles. The molecule has 2 aromatic carbocycles. The molecule has 0 radical (unpaired) electrons. The molecule has 1 aliphatic rings. The van der Waals surface area contributed by atoms with Gasteiger partial charge in [0.1, 0.15) is 0 Å². The standard InChI is InChI=1S/C24H29N3O4/c1-18(31-24(30)22-10-8-20(9-11-22)16-25-19(2)28)23(29)27-14-12-26(13-15-27)17-21-6-4-3-5-7-21/h3-11,18H,12-17H2,1-2H3,(H,25,28). The van der Waals surface area contributed by atoms with Crippen molar-refractivity contribution in [2.45, 2.75) is 33.0 Å². The molecule has 1 atom stereocenters. The number of esters is 1. The third kappa shape index (κ3) is 6.65. The van der Waals surface area contributed by atoms with Gasteiger partial charge in [-0.05, 0) is 30.2 Å². The lowest BCUT2D eigenvalue weighted by Gasteiger charge is -2.35. The van der Waals surface area contributed by atoms with Crippen molar-refractivity contribution >= 4 is 17.8 Å². The number of nitrogens with one attached hydrogen (secondary N) is 1. The number of amides is 2. The van der Waals surface area contributed by atoms with E-state index >= 15 is 0 Å². The minimum atomic E-state index is -0.841. The molecule has 1 heterocycles. The molecule has 3 rings (SSSR count). The molecule has 1 N–H and O–H groups in total. The average molecular weight is 424 g/mol. The Morgan fingerprint density at radius 2 is 1.58 bits per heavy atom. The maximum atomic E-state index is 12.7. The van der Waals surface area contributed by atoms with E-state index in [9.17, 15) is 14.4 Å². The summed E-state index contributed by atoms with van der Waals surface area (Å²) >= 11 is 0. The minimum Gasteiger partial charge on any atom is -0.449 e. The van der Waals surface area contributed by atoms with Crippen LogP contribution in [0.25, 0.3) is 0 Å². The summed E-state index contributed by atoms with van der Waals surface area (Å²) in [4.78, 5) is 40.2. The number of carbonyl (C=O) groups excluding carboxylic acids is 3. The number of piperazine rings is 1. The molecule has 0 saturated carbocycles. The Bertz CT molecular complexity index is 891. The van der Waals surface area contributed by atoms with Gasteiger partial charge in [0, 0.05) is 46.2 Å². The van der Waals surface area contributed by atoms with Crippen molar-refractivity contribution in [2.75, 3.05) is 26.2 Å². The first-order valence-electron chi connectivity index (χ1n) is 10.5. The molecular weight excluding hydrogens is 394 g/mol. The lowest BCUT2D eigenvalue weighted by atomic mass is 10.1. The summed E-state index contributed by atoms with van der Waals surface area (Å²) in [5.41, 5.74) is 2.51. The fourth-order valence-corrected chi connectivity index (χ4v) is 3.49. The number of rotatable bonds is 7. The third-order valence-electron chi connectivity index (χ3n) is 5.30. The monoisotopic (exact) mass is 423 g/mol. The highest BCUT2D eigenvalue weighted by atomic mass is 16.5. The Kier molecular flexibility index (Phi) is 7.78. The van der Waals surface area contributed by atoms with E-state index in [1.54, 1.807) is 36.1 Å². The van der Waals surface area contributed by atoms with Crippen LogP contribution in [0, 0.1) is 0 Å². The molecule has 7 nitrogen and oxygen atoms in total. The molecule has 0 aliphatic carbocycles. The van der Waals surface area contributed by atoms with Crippen LogP contribution in [0.4, 0.5) is 0 Å². The molecule has 1 aliphatic heterocycles. The minimum absolute atomic E-state index is 0.114. The van der Waals surface area contributed by atoms with E-state index in [4.69, 9.17) is 4.74 Å². The second kappa shape index (κ2) is 10.7. The van der Waals surface area contributed by atoms with E-state index in [2.05, 4.69) is 22.3 Å². The van der Waals surface area contributed by atoms with Crippen LogP contribution in [0.1, 0.15) is 35.3 Å². The summed E-state index contributed by atoms with van der Waals surface area (Å²) in [6.45, 7) is 7.14. The maximum absolute atomic E-state index is 12.7. The van der Waals surface area contributed by atoms with E-state index in [0.29, 0.717) is 25.2 Å². The number of ether oxygens (including phenoxy) is 1. The molecule has 0 spiro atoms. The van der Waals surface area contributed by atoms with Gasteiger partial charge in [-0.15, -0.1) is 0 Å². The molecule has 1 fully saturated rings. The molecule has 7 heteroatoms. The fraction of sp³-hybridized carbons (Fsp3) is 0.375. The van der Waals surface area contributed by atoms with Gasteiger partial charge in [0.2, 0.25) is 5.91 Å². The number of nitrogens with zero attached hydrogens (tertiary/aromatic N) is 2. The highest BCUT2D eigenvalue weighted by Crippen LogP contribution is 2.12. The summed E-state index contributed by atoms with van der Waals surface area (Å²) in [7, 11) is 0. The zero-order chi connectivity index (χ0) is 22.2. The molecular formula is C24H29N3O4. The van der Waals surface area contributed by atoms with Crippen molar-refractivity contribution in [2.24, 2.45) is 0 Å². The van der Waals surface area contributed by atoms with Gasteiger partial charge in [-0.2, -0.15) is 0 Å². The van der Waals surface area contributed by atoms with E-state index in [1.165, 1.54) is 12.5 Å². The molecule has 0 aromatic heterocycles. The topological polar surface area (TPSA) is 78.9 Å². The van der Waals surface area contributed by atoms with Crippen LogP contribution in [0.15, 0.2) is 54.6 Å². The van der Waals surface area contributed by atoms with Gasteiger partial charge in [-0.1, -0.05) is 42.5 Å². The fourth-order valence-electron chi connectivity index (χ4n) is 3.49. The van der Waals surface area contributed by atoms with Crippen LogP contribution >= 0.6 is 0 Å². The Hall–Kier alpha value is -3.19. The summed E-state index contributed by atoms with van der Waals surface area (Å²) in [6, 6.07) is 17.1. The van der Waals surface area contributed by atoms with Crippen LogP contribution in [-0.4, -0.2) is 59.9 Å². The normalized spacial score (nSPS) is 15.2. The largest absolute Gasteiger partial charge is 0.449 e. The lowest BCUT2D eigenvalue weighted by Crippen LogP contribution is -2.51. The number of benzene rings is 2. The van der Waals surface area contributed by atoms with Gasteiger partial charge in [-0.25, -0.2) is 4.79 Å². The van der Waals surface area contributed by atoms with Crippen molar-refractivity contribution in [3.63, 3.8) is 0 Å². The highest BCUT2D eigenvalue weighted by molar-refractivity contribution is 5.92. The zero-order valence-electron chi connectivity index (χ0n) is 18.0. The molecule has 1 unspecified atom stereocenters. The maximum Gasteiger partial charge on any atom is 0.338 e. The summed E-state index contributed by atoms with van der Waals surface area (Å²) in [5, 5.41) is 2.70. The number of carbonyl (C=O) groups is 3. The van der Waals surface area contributed by atoms with Crippen LogP contribution < -0.4 is 5.32 Å². The van der Waals surface area contributed by atoms with Crippen LogP contribution in [-0.2, 0) is 27.4 Å². The van der Waals surface area contributed by atoms with Crippen molar-refractivity contribution in [3.8, 4) is 0 Å². The highest BCUT2D eigenvalue weighted by Gasteiger charge is 2.27. The molecule has 164 valence electrons. The van der Waals surface area contributed by atoms with Gasteiger partial charge < -0.3 is 15.0 Å². The molecule has 0 bridgehead atoms. The third-order valence-corrected chi connectivity index (χ3v) is 5.30. The SMILES string of the molecule is CC(=O)NCc1ccc(C(=O)OC(C)C(=O)N2CCN(Cc3ccccc3)CC2)cc1. The average Bonchev–Trinajstić information content (AvgIpc) is 2.78. The van der Waals surface area contributed by atoms with Crippen LogP contribution in [0.2, 0.25) is 0 Å². The van der Waals surface area contributed by atoms with Crippen molar-refractivity contribution in [3.05, 3.63) is 71.3 Å². The quantitative estimate of drug-likeness (QED) is 0.691. The Labute approximate surface area is 183 Å². The second-order valence-corrected chi connectivity index (χ2v) is 7.74. The summed E-state index contributed by atoms with van der Waals surface area (Å²) in [6.07, 6.45) is -0.841. The first-order valence-corrected chi connectivity index (χ1v) is 10.5. The predicted molar refractivity (Wildman–Crippen MR) is 117 cm³/mol. The number of hydrogen-bond acceptors (Lipinski definition) is 5. The van der Waals surface area contributed by atoms with Crippen LogP contribution in [0.3, 0.4) is 0 Å². The second-order valence-electron chi connectivity index (χ2n) is 7.74. The van der Waals surface area contributed by atoms with E-state index in [0.717, 1.165) is 25.2 Å². The molecule has 2 aromatic rings. The first kappa shape index (κ1) is 22.5. The summed E-state index contributed by atoms with van der Waals surface area (Å²) in [5.74, 6) is -0.818. The van der Waals surface area contributed by atoms with E-state index < -0.39 is 12.1 Å². The van der Waals surface area contributed by atoms with Crippen molar-refractivity contribution in [1.29, 1.82) is 0 Å².